The van der Waals surface area contributed by atoms with Gasteiger partial charge in [-0.3, -0.25) is 19.4 Å². The summed E-state index contributed by atoms with van der Waals surface area (Å²) in [7, 11) is 0. The van der Waals surface area contributed by atoms with E-state index < -0.39 is 11.1 Å². The number of likely N-dealkylation sites (tertiary alicyclic amines) is 2. The molecule has 1 spiro atoms. The average molecular weight is 443 g/mol. The lowest BCUT2D eigenvalue weighted by atomic mass is 9.87. The van der Waals surface area contributed by atoms with Crippen LogP contribution in [0.4, 0.5) is 4.79 Å². The van der Waals surface area contributed by atoms with Crippen LogP contribution < -0.4 is 5.32 Å². The molecule has 0 saturated carbocycles. The summed E-state index contributed by atoms with van der Waals surface area (Å²) in [5.74, 6) is -0.201. The molecule has 2 N–H and O–H groups in total. The molecule has 0 atom stereocenters. The highest BCUT2D eigenvalue weighted by Crippen LogP contribution is 2.32. The largest absolute Gasteiger partial charge is 0.381 e. The summed E-state index contributed by atoms with van der Waals surface area (Å²) in [6.45, 7) is 6.86. The fourth-order valence-corrected chi connectivity index (χ4v) is 5.08. The number of hydrogen-bond acceptors (Lipinski definition) is 5. The molecular weight excluding hydrogens is 408 g/mol. The highest BCUT2D eigenvalue weighted by atomic mass is 16.3. The van der Waals surface area contributed by atoms with Crippen LogP contribution in [0.15, 0.2) is 30.3 Å². The van der Waals surface area contributed by atoms with Crippen molar-refractivity contribution in [2.75, 3.05) is 32.7 Å². The summed E-state index contributed by atoms with van der Waals surface area (Å²) in [6.07, 6.45) is 2.69. The number of amides is 4. The minimum Gasteiger partial charge on any atom is -0.381 e. The van der Waals surface area contributed by atoms with Crippen LogP contribution in [0.5, 0.6) is 0 Å². The van der Waals surface area contributed by atoms with Crippen LogP contribution >= 0.6 is 0 Å². The maximum Gasteiger partial charge on any atom is 0.325 e. The zero-order valence-electron chi connectivity index (χ0n) is 19.0. The molecule has 0 unspecified atom stereocenters. The second-order valence-electron chi connectivity index (χ2n) is 9.98. The number of hydrogen-bond donors (Lipinski definition) is 2. The van der Waals surface area contributed by atoms with E-state index in [4.69, 9.17) is 0 Å². The summed E-state index contributed by atoms with van der Waals surface area (Å²) in [4.78, 5) is 43.6. The van der Waals surface area contributed by atoms with Crippen LogP contribution in [0.1, 0.15) is 45.1 Å². The number of urea groups is 1. The Bertz CT molecular complexity index is 851. The summed E-state index contributed by atoms with van der Waals surface area (Å²) in [5.41, 5.74) is -0.900. The third-order valence-corrected chi connectivity index (χ3v) is 7.07. The van der Waals surface area contributed by atoms with Crippen molar-refractivity contribution in [1.29, 1.82) is 0 Å². The number of aliphatic hydroxyl groups is 1. The predicted octanol–water partition coefficient (Wildman–Crippen LogP) is 1.58. The topological polar surface area (TPSA) is 93.2 Å². The first-order chi connectivity index (χ1) is 15.2. The molecule has 174 valence electrons. The fraction of sp³-hybridized carbons (Fsp3) is 0.625. The van der Waals surface area contributed by atoms with Gasteiger partial charge < -0.3 is 15.3 Å². The third-order valence-electron chi connectivity index (χ3n) is 7.07. The molecule has 32 heavy (non-hydrogen) atoms. The smallest absolute Gasteiger partial charge is 0.325 e. The summed E-state index contributed by atoms with van der Waals surface area (Å²) in [6, 6.07) is 9.99. The van der Waals surface area contributed by atoms with Gasteiger partial charge in [0.25, 0.3) is 11.8 Å². The molecule has 4 amide bonds. The molecule has 3 aliphatic heterocycles. The summed E-state index contributed by atoms with van der Waals surface area (Å²) < 4.78 is 0. The maximum atomic E-state index is 13.3. The van der Waals surface area contributed by atoms with Gasteiger partial charge in [-0.1, -0.05) is 30.3 Å². The SMILES string of the molecule is CC(C)(O)C(=O)N1CCC(CN2C(=O)NC3(CCN(Cc4ccccc4)CC3)C2=O)CC1. The summed E-state index contributed by atoms with van der Waals surface area (Å²) >= 11 is 0. The van der Waals surface area contributed by atoms with Crippen molar-refractivity contribution in [3.8, 4) is 0 Å². The maximum absolute atomic E-state index is 13.3. The Labute approximate surface area is 189 Å². The number of nitrogens with zero attached hydrogens (tertiary/aromatic N) is 3. The molecule has 0 bridgehead atoms. The molecule has 3 saturated heterocycles. The number of carbonyl (C=O) groups excluding carboxylic acids is 3. The second-order valence-corrected chi connectivity index (χ2v) is 9.98. The van der Waals surface area contributed by atoms with E-state index in [1.807, 2.05) is 18.2 Å². The molecule has 1 aromatic rings. The van der Waals surface area contributed by atoms with Crippen LogP contribution in [-0.4, -0.2) is 81.5 Å². The Balaban J connectivity index is 1.30. The lowest BCUT2D eigenvalue weighted by Crippen LogP contribution is -2.55. The Kier molecular flexibility index (Phi) is 6.27. The first-order valence-electron chi connectivity index (χ1n) is 11.6. The fourth-order valence-electron chi connectivity index (χ4n) is 5.08. The van der Waals surface area contributed by atoms with Gasteiger partial charge in [0, 0.05) is 39.3 Å². The second kappa shape index (κ2) is 8.83. The Morgan fingerprint density at radius 3 is 2.31 bits per heavy atom. The van der Waals surface area contributed by atoms with Crippen molar-refractivity contribution in [2.24, 2.45) is 5.92 Å². The minimum atomic E-state index is -1.38. The number of carbonyl (C=O) groups is 3. The van der Waals surface area contributed by atoms with Gasteiger partial charge >= 0.3 is 6.03 Å². The molecule has 4 rings (SSSR count). The van der Waals surface area contributed by atoms with Gasteiger partial charge in [0.05, 0.1) is 0 Å². The number of benzene rings is 1. The van der Waals surface area contributed by atoms with E-state index in [2.05, 4.69) is 22.3 Å². The van der Waals surface area contributed by atoms with E-state index in [1.54, 1.807) is 4.90 Å². The standard InChI is InChI=1S/C24H34N4O4/c1-23(2,32)20(29)27-12-8-19(9-13-27)17-28-21(30)24(25-22(28)31)10-14-26(15-11-24)16-18-6-4-3-5-7-18/h3-7,19,32H,8-17H2,1-2H3,(H,25,31). The number of rotatable bonds is 5. The lowest BCUT2D eigenvalue weighted by Gasteiger charge is -2.38. The van der Waals surface area contributed by atoms with Gasteiger partial charge in [-0.25, -0.2) is 4.79 Å². The van der Waals surface area contributed by atoms with Gasteiger partial charge in [-0.05, 0) is 51.0 Å². The monoisotopic (exact) mass is 442 g/mol. The van der Waals surface area contributed by atoms with Crippen LogP contribution in [0.2, 0.25) is 0 Å². The highest BCUT2D eigenvalue weighted by Gasteiger charge is 2.52. The van der Waals surface area contributed by atoms with E-state index in [-0.39, 0.29) is 23.8 Å². The molecule has 3 aliphatic rings. The van der Waals surface area contributed by atoms with E-state index in [9.17, 15) is 19.5 Å². The summed E-state index contributed by atoms with van der Waals surface area (Å²) in [5, 5.41) is 12.9. The van der Waals surface area contributed by atoms with Crippen LogP contribution in [0, 0.1) is 5.92 Å². The third kappa shape index (κ3) is 4.66. The van der Waals surface area contributed by atoms with Crippen LogP contribution in [0.25, 0.3) is 0 Å². The van der Waals surface area contributed by atoms with E-state index in [1.165, 1.54) is 24.3 Å². The highest BCUT2D eigenvalue weighted by molar-refractivity contribution is 6.07. The number of piperidine rings is 2. The Morgan fingerprint density at radius 2 is 1.72 bits per heavy atom. The zero-order valence-corrected chi connectivity index (χ0v) is 19.0. The first kappa shape index (κ1) is 22.7. The average Bonchev–Trinajstić information content (AvgIpc) is 2.99. The molecule has 8 nitrogen and oxygen atoms in total. The molecule has 8 heteroatoms. The first-order valence-corrected chi connectivity index (χ1v) is 11.6. The van der Waals surface area contributed by atoms with E-state index >= 15 is 0 Å². The molecule has 0 aromatic heterocycles. The molecule has 3 heterocycles. The molecule has 0 aliphatic carbocycles. The molecular formula is C24H34N4O4. The predicted molar refractivity (Wildman–Crippen MR) is 120 cm³/mol. The van der Waals surface area contributed by atoms with Crippen molar-refractivity contribution in [3.05, 3.63) is 35.9 Å². The van der Waals surface area contributed by atoms with E-state index in [0.717, 1.165) is 32.5 Å². The van der Waals surface area contributed by atoms with Gasteiger partial charge in [0.15, 0.2) is 0 Å². The van der Waals surface area contributed by atoms with Gasteiger partial charge in [-0.15, -0.1) is 0 Å². The van der Waals surface area contributed by atoms with Crippen molar-refractivity contribution in [3.63, 3.8) is 0 Å². The van der Waals surface area contributed by atoms with E-state index in [0.29, 0.717) is 32.5 Å². The molecule has 3 fully saturated rings. The molecule has 0 radical (unpaired) electrons. The minimum absolute atomic E-state index is 0.100. The zero-order chi connectivity index (χ0) is 22.9. The van der Waals surface area contributed by atoms with Crippen molar-refractivity contribution in [1.82, 2.24) is 20.0 Å². The van der Waals surface area contributed by atoms with Gasteiger partial charge in [0.2, 0.25) is 0 Å². The number of nitrogens with one attached hydrogen (secondary N) is 1. The van der Waals surface area contributed by atoms with Crippen LogP contribution in [0.3, 0.4) is 0 Å². The van der Waals surface area contributed by atoms with Gasteiger partial charge in [0.1, 0.15) is 11.1 Å². The Hall–Kier alpha value is -2.45. The van der Waals surface area contributed by atoms with Crippen molar-refractivity contribution >= 4 is 17.8 Å². The van der Waals surface area contributed by atoms with Crippen molar-refractivity contribution in [2.45, 2.75) is 57.2 Å². The van der Waals surface area contributed by atoms with Gasteiger partial charge in [-0.2, -0.15) is 0 Å². The molecule has 1 aromatic carbocycles. The lowest BCUT2D eigenvalue weighted by molar-refractivity contribution is -0.149. The normalized spacial score (nSPS) is 22.5. The quantitative estimate of drug-likeness (QED) is 0.676. The number of imide groups is 1. The van der Waals surface area contributed by atoms with Crippen molar-refractivity contribution < 1.29 is 19.5 Å². The van der Waals surface area contributed by atoms with Crippen LogP contribution in [-0.2, 0) is 16.1 Å². The Morgan fingerprint density at radius 1 is 1.09 bits per heavy atom.